The highest BCUT2D eigenvalue weighted by atomic mass is 16.4. The molecule has 0 aliphatic heterocycles. The van der Waals surface area contributed by atoms with Crippen LogP contribution in [-0.4, -0.2) is 16.1 Å². The highest BCUT2D eigenvalue weighted by molar-refractivity contribution is 6.09. The number of nitrogens with one attached hydrogen (secondary N) is 2. The minimum atomic E-state index is -0.575. The first-order chi connectivity index (χ1) is 11.6. The largest absolute Gasteiger partial charge is 0.427 e. The fourth-order valence-electron chi connectivity index (χ4n) is 3.06. The number of hydrogen-bond acceptors (Lipinski definition) is 4. The highest BCUT2D eigenvalue weighted by Gasteiger charge is 2.25. The molecule has 3 aromatic rings. The van der Waals surface area contributed by atoms with E-state index in [2.05, 4.69) is 15.5 Å². The Hall–Kier alpha value is -2.89. The molecule has 1 aliphatic carbocycles. The average Bonchev–Trinajstić information content (AvgIpc) is 2.94. The second kappa shape index (κ2) is 5.63. The van der Waals surface area contributed by atoms with Gasteiger partial charge in [-0.1, -0.05) is 12.5 Å². The molecule has 1 amide bonds. The summed E-state index contributed by atoms with van der Waals surface area (Å²) in [4.78, 5) is 24.9. The number of carbonyl (C=O) groups excluding carboxylic acids is 1. The van der Waals surface area contributed by atoms with Crippen LogP contribution in [0.25, 0.3) is 10.9 Å². The third-order valence-electron chi connectivity index (χ3n) is 4.64. The summed E-state index contributed by atoms with van der Waals surface area (Å²) in [7, 11) is 0. The van der Waals surface area contributed by atoms with Crippen LogP contribution in [0.4, 0.5) is 5.69 Å². The van der Waals surface area contributed by atoms with Crippen LogP contribution in [0, 0.1) is 6.92 Å². The van der Waals surface area contributed by atoms with E-state index in [1.807, 2.05) is 18.2 Å². The van der Waals surface area contributed by atoms with Gasteiger partial charge in [0.2, 0.25) is 0 Å². The Morgan fingerprint density at radius 3 is 2.92 bits per heavy atom. The number of nitrogens with zero attached hydrogens (tertiary/aromatic N) is 1. The molecule has 0 atom stereocenters. The molecule has 2 aromatic heterocycles. The molecule has 2 N–H and O–H groups in total. The molecule has 2 heterocycles. The lowest BCUT2D eigenvalue weighted by molar-refractivity contribution is 0.102. The number of aryl methyl sites for hydroxylation is 1. The van der Waals surface area contributed by atoms with Gasteiger partial charge in [-0.2, -0.15) is 5.10 Å². The molecule has 24 heavy (non-hydrogen) atoms. The first-order valence-electron chi connectivity index (χ1n) is 8.01. The standard InChI is InChI=1S/C18H17N3O3/c1-10-8-15(11-4-2-5-11)24-18(23)16(10)17(22)20-13-6-3-7-14-12(13)9-19-21-14/h3,6-9,11H,2,4-5H2,1H3,(H,19,21)(H,20,22). The number of amides is 1. The second-order valence-corrected chi connectivity index (χ2v) is 6.21. The fraction of sp³-hybridized carbons (Fsp3) is 0.278. The minimum Gasteiger partial charge on any atom is -0.427 e. The maximum Gasteiger partial charge on any atom is 0.349 e. The predicted molar refractivity (Wildman–Crippen MR) is 90.4 cm³/mol. The van der Waals surface area contributed by atoms with E-state index in [0.717, 1.165) is 30.2 Å². The molecule has 0 radical (unpaired) electrons. The minimum absolute atomic E-state index is 0.0542. The first kappa shape index (κ1) is 14.7. The van der Waals surface area contributed by atoms with E-state index >= 15 is 0 Å². The number of fused-ring (bicyclic) bond motifs is 1. The van der Waals surface area contributed by atoms with Gasteiger partial charge in [0, 0.05) is 11.3 Å². The van der Waals surface area contributed by atoms with Crippen LogP contribution in [0.15, 0.2) is 39.7 Å². The van der Waals surface area contributed by atoms with Gasteiger partial charge < -0.3 is 9.73 Å². The van der Waals surface area contributed by atoms with Gasteiger partial charge >= 0.3 is 5.63 Å². The van der Waals surface area contributed by atoms with Gasteiger partial charge in [0.15, 0.2) is 0 Å². The highest BCUT2D eigenvalue weighted by Crippen LogP contribution is 2.36. The zero-order valence-corrected chi connectivity index (χ0v) is 13.3. The molecule has 4 rings (SSSR count). The Labute approximate surface area is 137 Å². The number of anilines is 1. The molecule has 122 valence electrons. The molecule has 1 aromatic carbocycles. The third-order valence-corrected chi connectivity index (χ3v) is 4.64. The number of benzene rings is 1. The maximum atomic E-state index is 12.6. The Balaban J connectivity index is 1.67. The quantitative estimate of drug-likeness (QED) is 0.773. The summed E-state index contributed by atoms with van der Waals surface area (Å²) >= 11 is 0. The van der Waals surface area contributed by atoms with Crippen molar-refractivity contribution >= 4 is 22.5 Å². The second-order valence-electron chi connectivity index (χ2n) is 6.21. The van der Waals surface area contributed by atoms with Crippen molar-refractivity contribution in [1.82, 2.24) is 10.2 Å². The van der Waals surface area contributed by atoms with E-state index in [9.17, 15) is 9.59 Å². The lowest BCUT2D eigenvalue weighted by Crippen LogP contribution is -2.24. The van der Waals surface area contributed by atoms with Crippen molar-refractivity contribution in [1.29, 1.82) is 0 Å². The predicted octanol–water partition coefficient (Wildman–Crippen LogP) is 3.34. The fourth-order valence-corrected chi connectivity index (χ4v) is 3.06. The Morgan fingerprint density at radius 2 is 2.21 bits per heavy atom. The molecule has 6 heteroatoms. The zero-order valence-electron chi connectivity index (χ0n) is 13.3. The summed E-state index contributed by atoms with van der Waals surface area (Å²) in [6, 6.07) is 7.27. The lowest BCUT2D eigenvalue weighted by Gasteiger charge is -2.24. The topological polar surface area (TPSA) is 88.0 Å². The molecule has 0 saturated heterocycles. The van der Waals surface area contributed by atoms with E-state index in [1.165, 1.54) is 0 Å². The zero-order chi connectivity index (χ0) is 16.7. The van der Waals surface area contributed by atoms with Crippen LogP contribution in [0.3, 0.4) is 0 Å². The van der Waals surface area contributed by atoms with Crippen molar-refractivity contribution in [3.63, 3.8) is 0 Å². The molecular formula is C18H17N3O3. The Kier molecular flexibility index (Phi) is 3.45. The van der Waals surface area contributed by atoms with Gasteiger partial charge in [-0.3, -0.25) is 9.89 Å². The Morgan fingerprint density at radius 1 is 1.38 bits per heavy atom. The Bertz CT molecular complexity index is 983. The smallest absolute Gasteiger partial charge is 0.349 e. The lowest BCUT2D eigenvalue weighted by atomic mass is 9.83. The van der Waals surface area contributed by atoms with E-state index in [-0.39, 0.29) is 5.56 Å². The van der Waals surface area contributed by atoms with E-state index < -0.39 is 11.5 Å². The summed E-state index contributed by atoms with van der Waals surface area (Å²) in [6.07, 6.45) is 4.87. The van der Waals surface area contributed by atoms with Crippen molar-refractivity contribution in [2.24, 2.45) is 0 Å². The normalized spacial score (nSPS) is 14.5. The monoisotopic (exact) mass is 323 g/mol. The maximum absolute atomic E-state index is 12.6. The molecule has 0 spiro atoms. The SMILES string of the molecule is Cc1cc(C2CCC2)oc(=O)c1C(=O)Nc1cccc2[nH]ncc12. The van der Waals surface area contributed by atoms with Crippen LogP contribution >= 0.6 is 0 Å². The number of hydrogen-bond donors (Lipinski definition) is 2. The van der Waals surface area contributed by atoms with Gasteiger partial charge in [0.05, 0.1) is 17.4 Å². The van der Waals surface area contributed by atoms with Crippen molar-refractivity contribution in [3.05, 3.63) is 57.8 Å². The molecule has 0 bridgehead atoms. The number of rotatable bonds is 3. The summed E-state index contributed by atoms with van der Waals surface area (Å²) in [5.74, 6) is 0.542. The summed E-state index contributed by atoms with van der Waals surface area (Å²) in [6.45, 7) is 1.77. The number of aromatic nitrogens is 2. The van der Waals surface area contributed by atoms with E-state index in [1.54, 1.807) is 19.2 Å². The number of H-pyrrole nitrogens is 1. The van der Waals surface area contributed by atoms with E-state index in [0.29, 0.717) is 22.9 Å². The van der Waals surface area contributed by atoms with Crippen LogP contribution in [0.5, 0.6) is 0 Å². The van der Waals surface area contributed by atoms with Crippen LogP contribution in [0.1, 0.15) is 46.9 Å². The van der Waals surface area contributed by atoms with Gasteiger partial charge in [-0.05, 0) is 43.5 Å². The average molecular weight is 323 g/mol. The van der Waals surface area contributed by atoms with E-state index in [4.69, 9.17) is 4.42 Å². The summed E-state index contributed by atoms with van der Waals surface area (Å²) in [5, 5.41) is 10.4. The van der Waals surface area contributed by atoms with Crippen molar-refractivity contribution < 1.29 is 9.21 Å². The molecule has 1 aliphatic rings. The summed E-state index contributed by atoms with van der Waals surface area (Å²) in [5.41, 5.74) is 1.54. The molecule has 1 saturated carbocycles. The van der Waals surface area contributed by atoms with Gasteiger partial charge in [-0.25, -0.2) is 4.79 Å². The van der Waals surface area contributed by atoms with Crippen LogP contribution in [-0.2, 0) is 0 Å². The van der Waals surface area contributed by atoms with Crippen molar-refractivity contribution in [2.75, 3.05) is 5.32 Å². The number of carbonyl (C=O) groups is 1. The van der Waals surface area contributed by atoms with Crippen LogP contribution < -0.4 is 10.9 Å². The van der Waals surface area contributed by atoms with Gasteiger partial charge in [0.25, 0.3) is 5.91 Å². The van der Waals surface area contributed by atoms with Crippen molar-refractivity contribution in [2.45, 2.75) is 32.1 Å². The molecular weight excluding hydrogens is 306 g/mol. The molecule has 1 fully saturated rings. The number of aromatic amines is 1. The van der Waals surface area contributed by atoms with Crippen LogP contribution in [0.2, 0.25) is 0 Å². The first-order valence-corrected chi connectivity index (χ1v) is 8.01. The van der Waals surface area contributed by atoms with Gasteiger partial charge in [0.1, 0.15) is 11.3 Å². The van der Waals surface area contributed by atoms with Crippen molar-refractivity contribution in [3.8, 4) is 0 Å². The molecule has 6 nitrogen and oxygen atoms in total. The third kappa shape index (κ3) is 2.40. The molecule has 0 unspecified atom stereocenters. The summed E-state index contributed by atoms with van der Waals surface area (Å²) < 4.78 is 5.39. The van der Waals surface area contributed by atoms with Gasteiger partial charge in [-0.15, -0.1) is 0 Å².